The van der Waals surface area contributed by atoms with E-state index in [1.807, 2.05) is 6.07 Å². The number of nitrogen functional groups attached to an aromatic ring is 1. The molecule has 4 heteroatoms. The van der Waals surface area contributed by atoms with Crippen molar-refractivity contribution in [2.24, 2.45) is 0 Å². The Kier molecular flexibility index (Phi) is 3.17. The van der Waals surface area contributed by atoms with Crippen LogP contribution >= 0.6 is 11.6 Å². The van der Waals surface area contributed by atoms with Gasteiger partial charge in [0.1, 0.15) is 17.6 Å². The van der Waals surface area contributed by atoms with Gasteiger partial charge in [-0.05, 0) is 36.4 Å². The number of rotatable bonds is 2. The van der Waals surface area contributed by atoms with Gasteiger partial charge in [0.05, 0.1) is 5.56 Å². The Morgan fingerprint density at radius 3 is 2.47 bits per heavy atom. The summed E-state index contributed by atoms with van der Waals surface area (Å²) in [6.07, 6.45) is 0. The second-order valence-corrected chi connectivity index (χ2v) is 3.86. The molecule has 0 unspecified atom stereocenters. The summed E-state index contributed by atoms with van der Waals surface area (Å²) in [6, 6.07) is 13.8. The van der Waals surface area contributed by atoms with Crippen molar-refractivity contribution in [3.05, 3.63) is 53.1 Å². The summed E-state index contributed by atoms with van der Waals surface area (Å²) >= 11 is 5.86. The second-order valence-electron chi connectivity index (χ2n) is 3.42. The molecule has 2 aromatic rings. The highest BCUT2D eigenvalue weighted by atomic mass is 35.5. The summed E-state index contributed by atoms with van der Waals surface area (Å²) < 4.78 is 5.57. The smallest absolute Gasteiger partial charge is 0.146 e. The number of hydrogen-bond acceptors (Lipinski definition) is 3. The number of ether oxygens (including phenoxy) is 1. The normalized spacial score (nSPS) is 9.65. The van der Waals surface area contributed by atoms with Crippen LogP contribution in [0, 0.1) is 11.3 Å². The third kappa shape index (κ3) is 2.68. The lowest BCUT2D eigenvalue weighted by atomic mass is 10.2. The topological polar surface area (TPSA) is 59.0 Å². The van der Waals surface area contributed by atoms with Crippen molar-refractivity contribution in [1.82, 2.24) is 0 Å². The summed E-state index contributed by atoms with van der Waals surface area (Å²) in [7, 11) is 0. The van der Waals surface area contributed by atoms with Crippen LogP contribution in [0.3, 0.4) is 0 Å². The number of nitriles is 1. The first-order valence-electron chi connectivity index (χ1n) is 4.92. The van der Waals surface area contributed by atoms with Crippen LogP contribution in [0.5, 0.6) is 11.5 Å². The number of benzene rings is 2. The fourth-order valence-electron chi connectivity index (χ4n) is 1.34. The first kappa shape index (κ1) is 11.3. The number of nitrogens with zero attached hydrogens (tertiary/aromatic N) is 1. The Morgan fingerprint density at radius 1 is 1.12 bits per heavy atom. The lowest BCUT2D eigenvalue weighted by Gasteiger charge is -2.07. The van der Waals surface area contributed by atoms with E-state index in [9.17, 15) is 0 Å². The molecular formula is C13H9ClN2O. The van der Waals surface area contributed by atoms with Crippen molar-refractivity contribution in [3.63, 3.8) is 0 Å². The highest BCUT2D eigenvalue weighted by molar-refractivity contribution is 6.30. The number of halogens is 1. The Bertz CT molecular complexity index is 573. The fraction of sp³-hybridized carbons (Fsp3) is 0. The van der Waals surface area contributed by atoms with E-state index in [1.165, 1.54) is 0 Å². The molecule has 0 fully saturated rings. The van der Waals surface area contributed by atoms with Gasteiger partial charge >= 0.3 is 0 Å². The van der Waals surface area contributed by atoms with Gasteiger partial charge in [0.15, 0.2) is 0 Å². The van der Waals surface area contributed by atoms with Crippen molar-refractivity contribution in [2.75, 3.05) is 5.73 Å². The third-order valence-corrected chi connectivity index (χ3v) is 2.41. The standard InChI is InChI=1S/C13H9ClN2O/c14-10-2-1-9(8-15)13(7-10)17-12-5-3-11(16)4-6-12/h1-7H,16H2. The summed E-state index contributed by atoms with van der Waals surface area (Å²) in [4.78, 5) is 0. The summed E-state index contributed by atoms with van der Waals surface area (Å²) in [5, 5.41) is 9.46. The van der Waals surface area contributed by atoms with Crippen LogP contribution in [-0.4, -0.2) is 0 Å². The number of anilines is 1. The minimum absolute atomic E-state index is 0.435. The maximum atomic E-state index is 8.94. The van der Waals surface area contributed by atoms with Crippen LogP contribution in [-0.2, 0) is 0 Å². The van der Waals surface area contributed by atoms with Gasteiger partial charge < -0.3 is 10.5 Å². The lowest BCUT2D eigenvalue weighted by Crippen LogP contribution is -1.89. The van der Waals surface area contributed by atoms with E-state index in [2.05, 4.69) is 0 Å². The molecule has 0 spiro atoms. The third-order valence-electron chi connectivity index (χ3n) is 2.17. The highest BCUT2D eigenvalue weighted by Gasteiger charge is 2.05. The van der Waals surface area contributed by atoms with Gasteiger partial charge in [-0.25, -0.2) is 0 Å². The molecule has 0 saturated carbocycles. The van der Waals surface area contributed by atoms with Crippen LogP contribution in [0.4, 0.5) is 5.69 Å². The number of nitrogens with two attached hydrogens (primary N) is 1. The van der Waals surface area contributed by atoms with Gasteiger partial charge in [-0.15, -0.1) is 0 Å². The summed E-state index contributed by atoms with van der Waals surface area (Å²) in [5.41, 5.74) is 6.66. The molecule has 2 N–H and O–H groups in total. The van der Waals surface area contributed by atoms with Crippen molar-refractivity contribution >= 4 is 17.3 Å². The van der Waals surface area contributed by atoms with E-state index in [0.717, 1.165) is 0 Å². The molecule has 0 aromatic heterocycles. The molecule has 0 heterocycles. The summed E-state index contributed by atoms with van der Waals surface area (Å²) in [6.45, 7) is 0. The Labute approximate surface area is 104 Å². The minimum atomic E-state index is 0.435. The van der Waals surface area contributed by atoms with Gasteiger partial charge in [0, 0.05) is 16.8 Å². The Balaban J connectivity index is 2.32. The van der Waals surface area contributed by atoms with E-state index in [4.69, 9.17) is 27.3 Å². The van der Waals surface area contributed by atoms with E-state index >= 15 is 0 Å². The molecule has 2 rings (SSSR count). The average molecular weight is 245 g/mol. The summed E-state index contributed by atoms with van der Waals surface area (Å²) in [5.74, 6) is 1.04. The molecule has 0 radical (unpaired) electrons. The first-order valence-corrected chi connectivity index (χ1v) is 5.30. The van der Waals surface area contributed by atoms with Crippen LogP contribution in [0.2, 0.25) is 5.02 Å². The van der Waals surface area contributed by atoms with Gasteiger partial charge in [-0.3, -0.25) is 0 Å². The van der Waals surface area contributed by atoms with Crippen LogP contribution in [0.15, 0.2) is 42.5 Å². The second kappa shape index (κ2) is 4.77. The predicted octanol–water partition coefficient (Wildman–Crippen LogP) is 3.59. The number of hydrogen-bond donors (Lipinski definition) is 1. The molecule has 84 valence electrons. The van der Waals surface area contributed by atoms with E-state index in [1.54, 1.807) is 42.5 Å². The molecule has 0 saturated heterocycles. The molecule has 0 aliphatic rings. The molecule has 0 aliphatic carbocycles. The first-order chi connectivity index (χ1) is 8.19. The van der Waals surface area contributed by atoms with E-state index in [0.29, 0.717) is 27.8 Å². The van der Waals surface area contributed by atoms with Crippen LogP contribution in [0.1, 0.15) is 5.56 Å². The largest absolute Gasteiger partial charge is 0.456 e. The lowest BCUT2D eigenvalue weighted by molar-refractivity contribution is 0.481. The van der Waals surface area contributed by atoms with Crippen LogP contribution < -0.4 is 10.5 Å². The van der Waals surface area contributed by atoms with Crippen molar-refractivity contribution in [1.29, 1.82) is 5.26 Å². The van der Waals surface area contributed by atoms with E-state index < -0.39 is 0 Å². The van der Waals surface area contributed by atoms with Crippen molar-refractivity contribution < 1.29 is 4.74 Å². The Hall–Kier alpha value is -2.18. The zero-order chi connectivity index (χ0) is 12.3. The molecule has 0 bridgehead atoms. The molecule has 0 aliphatic heterocycles. The van der Waals surface area contributed by atoms with E-state index in [-0.39, 0.29) is 0 Å². The maximum absolute atomic E-state index is 8.94. The van der Waals surface area contributed by atoms with Gasteiger partial charge in [-0.1, -0.05) is 11.6 Å². The highest BCUT2D eigenvalue weighted by Crippen LogP contribution is 2.28. The maximum Gasteiger partial charge on any atom is 0.146 e. The van der Waals surface area contributed by atoms with Crippen molar-refractivity contribution in [2.45, 2.75) is 0 Å². The van der Waals surface area contributed by atoms with Crippen molar-refractivity contribution in [3.8, 4) is 17.6 Å². The molecular weight excluding hydrogens is 236 g/mol. The Morgan fingerprint density at radius 2 is 1.82 bits per heavy atom. The predicted molar refractivity (Wildman–Crippen MR) is 67.1 cm³/mol. The fourth-order valence-corrected chi connectivity index (χ4v) is 1.50. The monoisotopic (exact) mass is 244 g/mol. The van der Waals surface area contributed by atoms with Gasteiger partial charge in [0.25, 0.3) is 0 Å². The molecule has 17 heavy (non-hydrogen) atoms. The SMILES string of the molecule is N#Cc1ccc(Cl)cc1Oc1ccc(N)cc1. The quantitative estimate of drug-likeness (QED) is 0.822. The minimum Gasteiger partial charge on any atom is -0.456 e. The molecule has 0 amide bonds. The molecule has 2 aromatic carbocycles. The van der Waals surface area contributed by atoms with Gasteiger partial charge in [0.2, 0.25) is 0 Å². The van der Waals surface area contributed by atoms with Gasteiger partial charge in [-0.2, -0.15) is 5.26 Å². The average Bonchev–Trinajstić information content (AvgIpc) is 2.32. The van der Waals surface area contributed by atoms with Crippen LogP contribution in [0.25, 0.3) is 0 Å². The molecule has 0 atom stereocenters. The molecule has 3 nitrogen and oxygen atoms in total. The zero-order valence-electron chi connectivity index (χ0n) is 8.85. The zero-order valence-corrected chi connectivity index (χ0v) is 9.61.